The lowest BCUT2D eigenvalue weighted by Gasteiger charge is -2.26. The molecule has 3 nitrogen and oxygen atoms in total. The molecule has 1 heterocycles. The highest BCUT2D eigenvalue weighted by atomic mass is 16.1. The van der Waals surface area contributed by atoms with Crippen molar-refractivity contribution in [2.45, 2.75) is 33.2 Å². The predicted octanol–water partition coefficient (Wildman–Crippen LogP) is 3.18. The molecule has 1 unspecified atom stereocenters. The molecular formula is C16H20N2O. The smallest absolute Gasteiger partial charge is 0.164 e. The van der Waals surface area contributed by atoms with Crippen molar-refractivity contribution in [3.05, 3.63) is 42.1 Å². The van der Waals surface area contributed by atoms with Crippen LogP contribution in [0.3, 0.4) is 0 Å². The van der Waals surface area contributed by atoms with Gasteiger partial charge in [-0.25, -0.2) is 0 Å². The average Bonchev–Trinajstić information content (AvgIpc) is 2.37. The van der Waals surface area contributed by atoms with E-state index in [-0.39, 0.29) is 17.2 Å². The minimum atomic E-state index is -0.139. The standard InChI is InChI=1S/C16H20N2O/c1-16(2,3)15(17)10-14(19)12-7-6-11-5-4-8-18-13(11)9-12/h4-9,15H,10,17H2,1-3H3. The van der Waals surface area contributed by atoms with E-state index in [9.17, 15) is 4.79 Å². The van der Waals surface area contributed by atoms with E-state index >= 15 is 0 Å². The summed E-state index contributed by atoms with van der Waals surface area (Å²) in [5.74, 6) is 0.0787. The van der Waals surface area contributed by atoms with Gasteiger partial charge in [-0.3, -0.25) is 9.78 Å². The Balaban J connectivity index is 2.22. The first-order chi connectivity index (χ1) is 8.88. The third-order valence-corrected chi connectivity index (χ3v) is 3.45. The van der Waals surface area contributed by atoms with Gasteiger partial charge in [0.05, 0.1) is 5.52 Å². The minimum Gasteiger partial charge on any atom is -0.327 e. The van der Waals surface area contributed by atoms with Crippen molar-refractivity contribution < 1.29 is 4.79 Å². The molecular weight excluding hydrogens is 236 g/mol. The highest BCUT2D eigenvalue weighted by molar-refractivity contribution is 5.99. The monoisotopic (exact) mass is 256 g/mol. The Morgan fingerprint density at radius 3 is 2.74 bits per heavy atom. The zero-order valence-corrected chi connectivity index (χ0v) is 11.7. The van der Waals surface area contributed by atoms with Crippen LogP contribution in [0, 0.1) is 5.41 Å². The van der Waals surface area contributed by atoms with Crippen LogP contribution in [-0.4, -0.2) is 16.8 Å². The van der Waals surface area contributed by atoms with Gasteiger partial charge < -0.3 is 5.73 Å². The first kappa shape index (κ1) is 13.7. The van der Waals surface area contributed by atoms with Crippen LogP contribution < -0.4 is 5.73 Å². The van der Waals surface area contributed by atoms with Crippen molar-refractivity contribution in [1.82, 2.24) is 4.98 Å². The van der Waals surface area contributed by atoms with Crippen LogP contribution in [0.5, 0.6) is 0 Å². The van der Waals surface area contributed by atoms with Gasteiger partial charge in [0.1, 0.15) is 0 Å². The maximum Gasteiger partial charge on any atom is 0.164 e. The topological polar surface area (TPSA) is 56.0 Å². The summed E-state index contributed by atoms with van der Waals surface area (Å²) in [6.45, 7) is 6.15. The summed E-state index contributed by atoms with van der Waals surface area (Å²) in [6, 6.07) is 9.35. The lowest BCUT2D eigenvalue weighted by Crippen LogP contribution is -2.36. The molecule has 0 saturated carbocycles. The van der Waals surface area contributed by atoms with E-state index < -0.39 is 0 Å². The lowest BCUT2D eigenvalue weighted by molar-refractivity contribution is 0.0953. The molecule has 3 heteroatoms. The molecule has 0 aliphatic heterocycles. The normalized spacial score (nSPS) is 13.5. The van der Waals surface area contributed by atoms with Gasteiger partial charge in [0, 0.05) is 29.6 Å². The number of Topliss-reactive ketones (excluding diaryl/α,β-unsaturated/α-hetero) is 1. The zero-order valence-electron chi connectivity index (χ0n) is 11.7. The third kappa shape index (κ3) is 3.18. The molecule has 0 spiro atoms. The highest BCUT2D eigenvalue weighted by Gasteiger charge is 2.23. The summed E-state index contributed by atoms with van der Waals surface area (Å²) in [4.78, 5) is 16.5. The summed E-state index contributed by atoms with van der Waals surface area (Å²) in [7, 11) is 0. The van der Waals surface area contributed by atoms with Gasteiger partial charge in [0.2, 0.25) is 0 Å². The fourth-order valence-electron chi connectivity index (χ4n) is 1.86. The van der Waals surface area contributed by atoms with Crippen LogP contribution in [0.25, 0.3) is 10.9 Å². The van der Waals surface area contributed by atoms with Gasteiger partial charge >= 0.3 is 0 Å². The number of pyridine rings is 1. The van der Waals surface area contributed by atoms with Gasteiger partial charge in [-0.05, 0) is 17.5 Å². The Kier molecular flexibility index (Phi) is 3.67. The molecule has 2 rings (SSSR count). The Morgan fingerprint density at radius 2 is 2.05 bits per heavy atom. The van der Waals surface area contributed by atoms with Crippen LogP contribution in [-0.2, 0) is 0 Å². The molecule has 0 saturated heterocycles. The minimum absolute atomic E-state index is 0.0647. The van der Waals surface area contributed by atoms with Crippen LogP contribution in [0.2, 0.25) is 0 Å². The van der Waals surface area contributed by atoms with Gasteiger partial charge in [-0.1, -0.05) is 39.0 Å². The molecule has 0 aliphatic rings. The van der Waals surface area contributed by atoms with E-state index in [0.717, 1.165) is 10.9 Å². The number of carbonyl (C=O) groups excluding carboxylic acids is 1. The molecule has 1 atom stereocenters. The summed E-state index contributed by atoms with van der Waals surface area (Å²) in [6.07, 6.45) is 2.10. The van der Waals surface area contributed by atoms with Crippen molar-refractivity contribution in [2.75, 3.05) is 0 Å². The summed E-state index contributed by atoms with van der Waals surface area (Å²) in [5, 5.41) is 1.04. The van der Waals surface area contributed by atoms with Crippen molar-refractivity contribution in [3.63, 3.8) is 0 Å². The third-order valence-electron chi connectivity index (χ3n) is 3.45. The quantitative estimate of drug-likeness (QED) is 0.858. The molecule has 1 aromatic carbocycles. The molecule has 100 valence electrons. The molecule has 19 heavy (non-hydrogen) atoms. The van der Waals surface area contributed by atoms with E-state index in [1.807, 2.05) is 51.1 Å². The number of rotatable bonds is 3. The second kappa shape index (κ2) is 5.10. The molecule has 0 fully saturated rings. The first-order valence-corrected chi connectivity index (χ1v) is 6.51. The Bertz CT molecular complexity index is 599. The van der Waals surface area contributed by atoms with Crippen molar-refractivity contribution in [3.8, 4) is 0 Å². The van der Waals surface area contributed by atoms with Gasteiger partial charge in [-0.15, -0.1) is 0 Å². The van der Waals surface area contributed by atoms with E-state index in [0.29, 0.717) is 12.0 Å². The predicted molar refractivity (Wildman–Crippen MR) is 78.1 cm³/mol. The Morgan fingerprint density at radius 1 is 1.32 bits per heavy atom. The van der Waals surface area contributed by atoms with E-state index in [1.165, 1.54) is 0 Å². The van der Waals surface area contributed by atoms with Crippen LogP contribution in [0.15, 0.2) is 36.5 Å². The van der Waals surface area contributed by atoms with Crippen LogP contribution in [0.4, 0.5) is 0 Å². The fourth-order valence-corrected chi connectivity index (χ4v) is 1.86. The number of nitrogens with two attached hydrogens (primary N) is 1. The van der Waals surface area contributed by atoms with E-state index in [2.05, 4.69) is 4.98 Å². The Labute approximate surface area is 113 Å². The Hall–Kier alpha value is -1.74. The lowest BCUT2D eigenvalue weighted by atomic mass is 9.83. The largest absolute Gasteiger partial charge is 0.327 e. The van der Waals surface area contributed by atoms with Crippen LogP contribution >= 0.6 is 0 Å². The first-order valence-electron chi connectivity index (χ1n) is 6.51. The van der Waals surface area contributed by atoms with Crippen LogP contribution in [0.1, 0.15) is 37.6 Å². The van der Waals surface area contributed by atoms with Crippen molar-refractivity contribution in [1.29, 1.82) is 0 Å². The number of hydrogen-bond acceptors (Lipinski definition) is 3. The van der Waals surface area contributed by atoms with Crippen molar-refractivity contribution >= 4 is 16.7 Å². The van der Waals surface area contributed by atoms with E-state index in [1.54, 1.807) is 6.20 Å². The second-order valence-corrected chi connectivity index (χ2v) is 6.01. The SMILES string of the molecule is CC(C)(C)C(N)CC(=O)c1ccc2cccnc2c1. The fraction of sp³-hybridized carbons (Fsp3) is 0.375. The number of benzene rings is 1. The molecule has 2 N–H and O–H groups in total. The summed E-state index contributed by atoms with van der Waals surface area (Å²) < 4.78 is 0. The van der Waals surface area contributed by atoms with Gasteiger partial charge in [0.15, 0.2) is 5.78 Å². The number of nitrogens with zero attached hydrogens (tertiary/aromatic N) is 1. The summed E-state index contributed by atoms with van der Waals surface area (Å²) >= 11 is 0. The molecule has 1 aromatic heterocycles. The molecule has 0 bridgehead atoms. The summed E-state index contributed by atoms with van der Waals surface area (Å²) in [5.41, 5.74) is 7.53. The number of fused-ring (bicyclic) bond motifs is 1. The van der Waals surface area contributed by atoms with Gasteiger partial charge in [0.25, 0.3) is 0 Å². The number of aromatic nitrogens is 1. The highest BCUT2D eigenvalue weighted by Crippen LogP contribution is 2.22. The molecule has 2 aromatic rings. The zero-order chi connectivity index (χ0) is 14.0. The maximum absolute atomic E-state index is 12.2. The van der Waals surface area contributed by atoms with E-state index in [4.69, 9.17) is 5.73 Å². The maximum atomic E-state index is 12.2. The van der Waals surface area contributed by atoms with Crippen molar-refractivity contribution in [2.24, 2.45) is 11.1 Å². The number of carbonyl (C=O) groups is 1. The molecule has 0 aliphatic carbocycles. The molecule has 0 radical (unpaired) electrons. The number of hydrogen-bond donors (Lipinski definition) is 1. The molecule has 0 amide bonds. The van der Waals surface area contributed by atoms with Gasteiger partial charge in [-0.2, -0.15) is 0 Å². The number of ketones is 1. The second-order valence-electron chi connectivity index (χ2n) is 6.01. The average molecular weight is 256 g/mol.